The molecule has 1 N–H and O–H groups in total. The molecule has 0 aromatic heterocycles. The molecule has 1 aliphatic carbocycles. The number of nitrogens with zero attached hydrogens (tertiary/aromatic N) is 1. The number of piperidine rings is 1. The van der Waals surface area contributed by atoms with Gasteiger partial charge in [-0.25, -0.2) is 0 Å². The number of hydrogen-bond donors (Lipinski definition) is 1. The van der Waals surface area contributed by atoms with Crippen molar-refractivity contribution < 1.29 is 9.90 Å². The van der Waals surface area contributed by atoms with Gasteiger partial charge in [0.05, 0.1) is 5.92 Å². The van der Waals surface area contributed by atoms with Crippen molar-refractivity contribution in [3.05, 3.63) is 0 Å². The Morgan fingerprint density at radius 1 is 1.11 bits per heavy atom. The van der Waals surface area contributed by atoms with Crippen molar-refractivity contribution in [3.8, 4) is 0 Å². The Balaban J connectivity index is 1.99. The Kier molecular flexibility index (Phi) is 4.31. The zero-order valence-electron chi connectivity index (χ0n) is 11.9. The SMILES string of the molecule is CC1CCC(C)C(N2CCC(C(=O)O)CC2C)C1. The standard InChI is InChI=1S/C15H27NO2/c1-10-4-5-11(2)14(8-10)16-7-6-13(15(17)18)9-12(16)3/h10-14H,4-9H2,1-3H3,(H,17,18). The van der Waals surface area contributed by atoms with Crippen LogP contribution in [0.1, 0.15) is 52.9 Å². The molecule has 5 atom stereocenters. The van der Waals surface area contributed by atoms with Crippen LogP contribution in [-0.4, -0.2) is 34.6 Å². The zero-order valence-corrected chi connectivity index (χ0v) is 11.9. The van der Waals surface area contributed by atoms with Gasteiger partial charge in [-0.1, -0.05) is 20.3 Å². The summed E-state index contributed by atoms with van der Waals surface area (Å²) in [6.07, 6.45) is 5.64. The Morgan fingerprint density at radius 3 is 2.44 bits per heavy atom. The van der Waals surface area contributed by atoms with Crippen LogP contribution in [0.15, 0.2) is 0 Å². The summed E-state index contributed by atoms with van der Waals surface area (Å²) in [6.45, 7) is 7.90. The molecule has 0 aromatic carbocycles. The molecule has 0 aromatic rings. The van der Waals surface area contributed by atoms with Crippen LogP contribution in [0.3, 0.4) is 0 Å². The van der Waals surface area contributed by atoms with Gasteiger partial charge in [0.15, 0.2) is 0 Å². The highest BCUT2D eigenvalue weighted by atomic mass is 16.4. The van der Waals surface area contributed by atoms with Gasteiger partial charge in [0.1, 0.15) is 0 Å². The second kappa shape index (κ2) is 5.60. The number of carboxylic acid groups (broad SMARTS) is 1. The van der Waals surface area contributed by atoms with Crippen molar-refractivity contribution >= 4 is 5.97 Å². The van der Waals surface area contributed by atoms with E-state index in [4.69, 9.17) is 5.11 Å². The number of carbonyl (C=O) groups is 1. The van der Waals surface area contributed by atoms with Crippen LogP contribution in [0.4, 0.5) is 0 Å². The number of likely N-dealkylation sites (tertiary alicyclic amines) is 1. The molecule has 0 spiro atoms. The number of carboxylic acids is 1. The normalized spacial score (nSPS) is 42.7. The van der Waals surface area contributed by atoms with E-state index in [0.29, 0.717) is 12.1 Å². The monoisotopic (exact) mass is 253 g/mol. The molecule has 5 unspecified atom stereocenters. The minimum absolute atomic E-state index is 0.118. The van der Waals surface area contributed by atoms with E-state index in [0.717, 1.165) is 31.2 Å². The smallest absolute Gasteiger partial charge is 0.306 e. The second-order valence-electron chi connectivity index (χ2n) is 6.61. The maximum atomic E-state index is 11.1. The van der Waals surface area contributed by atoms with Crippen molar-refractivity contribution in [3.63, 3.8) is 0 Å². The quantitative estimate of drug-likeness (QED) is 0.822. The predicted molar refractivity (Wildman–Crippen MR) is 72.5 cm³/mol. The van der Waals surface area contributed by atoms with Crippen LogP contribution >= 0.6 is 0 Å². The van der Waals surface area contributed by atoms with Gasteiger partial charge in [-0.05, 0) is 51.0 Å². The summed E-state index contributed by atoms with van der Waals surface area (Å²) in [7, 11) is 0. The van der Waals surface area contributed by atoms with Crippen molar-refractivity contribution in [2.45, 2.75) is 65.0 Å². The van der Waals surface area contributed by atoms with Crippen LogP contribution in [-0.2, 0) is 4.79 Å². The van der Waals surface area contributed by atoms with E-state index in [2.05, 4.69) is 25.7 Å². The second-order valence-corrected chi connectivity index (χ2v) is 6.61. The highest BCUT2D eigenvalue weighted by Gasteiger charge is 2.37. The Morgan fingerprint density at radius 2 is 1.83 bits per heavy atom. The average molecular weight is 253 g/mol. The summed E-state index contributed by atoms with van der Waals surface area (Å²) < 4.78 is 0. The van der Waals surface area contributed by atoms with E-state index in [-0.39, 0.29) is 5.92 Å². The molecule has 1 saturated heterocycles. The molecule has 3 nitrogen and oxygen atoms in total. The van der Waals surface area contributed by atoms with Gasteiger partial charge in [-0.3, -0.25) is 9.69 Å². The van der Waals surface area contributed by atoms with Crippen molar-refractivity contribution in [2.24, 2.45) is 17.8 Å². The first-order valence-electron chi connectivity index (χ1n) is 7.47. The molecule has 0 bridgehead atoms. The first kappa shape index (κ1) is 13.9. The fourth-order valence-electron chi connectivity index (χ4n) is 3.87. The van der Waals surface area contributed by atoms with Gasteiger partial charge in [0, 0.05) is 12.1 Å². The Hall–Kier alpha value is -0.570. The number of aliphatic carboxylic acids is 1. The molecular weight excluding hydrogens is 226 g/mol. The molecule has 104 valence electrons. The minimum atomic E-state index is -0.605. The maximum absolute atomic E-state index is 11.1. The lowest BCUT2D eigenvalue weighted by atomic mass is 9.77. The van der Waals surface area contributed by atoms with Crippen molar-refractivity contribution in [1.29, 1.82) is 0 Å². The zero-order chi connectivity index (χ0) is 13.3. The molecule has 1 saturated carbocycles. The molecule has 1 aliphatic heterocycles. The van der Waals surface area contributed by atoms with E-state index in [1.54, 1.807) is 0 Å². The van der Waals surface area contributed by atoms with Gasteiger partial charge in [0.2, 0.25) is 0 Å². The average Bonchev–Trinajstić information content (AvgIpc) is 2.32. The number of hydrogen-bond acceptors (Lipinski definition) is 2. The Labute approximate surface area is 111 Å². The topological polar surface area (TPSA) is 40.5 Å². The third-order valence-electron chi connectivity index (χ3n) is 5.12. The summed E-state index contributed by atoms with van der Waals surface area (Å²) in [5, 5.41) is 9.13. The lowest BCUT2D eigenvalue weighted by molar-refractivity contribution is -0.144. The summed E-state index contributed by atoms with van der Waals surface area (Å²) in [5.41, 5.74) is 0. The van der Waals surface area contributed by atoms with Gasteiger partial charge in [-0.2, -0.15) is 0 Å². The van der Waals surface area contributed by atoms with E-state index in [1.807, 2.05) is 0 Å². The molecule has 2 rings (SSSR count). The van der Waals surface area contributed by atoms with Gasteiger partial charge in [-0.15, -0.1) is 0 Å². The molecule has 1 heterocycles. The molecular formula is C15H27NO2. The highest BCUT2D eigenvalue weighted by molar-refractivity contribution is 5.70. The van der Waals surface area contributed by atoms with Crippen LogP contribution in [0, 0.1) is 17.8 Å². The van der Waals surface area contributed by atoms with Crippen LogP contribution < -0.4 is 0 Å². The van der Waals surface area contributed by atoms with Crippen molar-refractivity contribution in [1.82, 2.24) is 4.90 Å². The summed E-state index contributed by atoms with van der Waals surface area (Å²) in [5.74, 6) is 0.875. The molecule has 0 amide bonds. The van der Waals surface area contributed by atoms with Crippen LogP contribution in [0.5, 0.6) is 0 Å². The number of rotatable bonds is 2. The lowest BCUT2D eigenvalue weighted by Gasteiger charge is -2.47. The maximum Gasteiger partial charge on any atom is 0.306 e. The third-order valence-corrected chi connectivity index (χ3v) is 5.12. The lowest BCUT2D eigenvalue weighted by Crippen LogP contribution is -2.52. The fraction of sp³-hybridized carbons (Fsp3) is 0.933. The van der Waals surface area contributed by atoms with E-state index < -0.39 is 5.97 Å². The first-order valence-corrected chi connectivity index (χ1v) is 7.47. The molecule has 0 radical (unpaired) electrons. The van der Waals surface area contributed by atoms with Crippen LogP contribution in [0.2, 0.25) is 0 Å². The van der Waals surface area contributed by atoms with Gasteiger partial charge < -0.3 is 5.11 Å². The van der Waals surface area contributed by atoms with Crippen molar-refractivity contribution in [2.75, 3.05) is 6.54 Å². The fourth-order valence-corrected chi connectivity index (χ4v) is 3.87. The van der Waals surface area contributed by atoms with E-state index >= 15 is 0 Å². The predicted octanol–water partition coefficient (Wildman–Crippen LogP) is 3.00. The van der Waals surface area contributed by atoms with Crippen LogP contribution in [0.25, 0.3) is 0 Å². The third kappa shape index (κ3) is 2.87. The highest BCUT2D eigenvalue weighted by Crippen LogP contribution is 2.36. The molecule has 3 heteroatoms. The Bertz CT molecular complexity index is 305. The summed E-state index contributed by atoms with van der Waals surface area (Å²) in [4.78, 5) is 13.7. The van der Waals surface area contributed by atoms with Gasteiger partial charge in [0.25, 0.3) is 0 Å². The molecule has 2 aliphatic rings. The summed E-state index contributed by atoms with van der Waals surface area (Å²) in [6, 6.07) is 1.11. The van der Waals surface area contributed by atoms with E-state index in [9.17, 15) is 4.79 Å². The van der Waals surface area contributed by atoms with E-state index in [1.165, 1.54) is 19.3 Å². The molecule has 2 fully saturated rings. The first-order chi connectivity index (χ1) is 8.49. The largest absolute Gasteiger partial charge is 0.481 e. The van der Waals surface area contributed by atoms with Gasteiger partial charge >= 0.3 is 5.97 Å². The summed E-state index contributed by atoms with van der Waals surface area (Å²) >= 11 is 0. The minimum Gasteiger partial charge on any atom is -0.481 e. The molecule has 18 heavy (non-hydrogen) atoms.